The van der Waals surface area contributed by atoms with Gasteiger partial charge in [-0.15, -0.1) is 0 Å². The maximum atomic E-state index is 7.62. The molecule has 0 aliphatic rings. The average Bonchev–Trinajstić information content (AvgIpc) is 1.72. The predicted molar refractivity (Wildman–Crippen MR) is 27.3 cm³/mol. The quantitative estimate of drug-likeness (QED) is 0.475. The normalized spacial score (nSPS) is 4.62. The summed E-state index contributed by atoms with van der Waals surface area (Å²) in [6.07, 6.45) is 0. The molecule has 60 valence electrons. The number of aliphatic hydroxyl groups is 2. The Morgan fingerprint density at radius 3 is 1.12 bits per heavy atom. The Labute approximate surface area is 60.1 Å². The first kappa shape index (κ1) is 23.4. The van der Waals surface area contributed by atoms with Crippen molar-refractivity contribution in [2.24, 2.45) is 0 Å². The van der Waals surface area contributed by atoms with Crippen molar-refractivity contribution >= 4 is 10.1 Å². The van der Waals surface area contributed by atoms with E-state index in [0.29, 0.717) is 0 Å². The fraction of sp³-hybridized carbons (Fsp3) is 1.00. The molecule has 0 amide bonds. The van der Waals surface area contributed by atoms with Crippen molar-refractivity contribution in [3.63, 3.8) is 0 Å². The summed E-state index contributed by atoms with van der Waals surface area (Å²) in [6.45, 7) is -0.250. The second kappa shape index (κ2) is 48.2. The maximum absolute atomic E-state index is 7.62. The van der Waals surface area contributed by atoms with Gasteiger partial charge in [0, 0.05) is 0 Å². The van der Waals surface area contributed by atoms with Gasteiger partial charge in [0.05, 0.1) is 13.2 Å². The summed E-state index contributed by atoms with van der Waals surface area (Å²) in [5, 5.41) is 15.2. The van der Waals surface area contributed by atoms with Crippen molar-refractivity contribution in [3.8, 4) is 0 Å². The van der Waals surface area contributed by atoms with Crippen molar-refractivity contribution in [1.82, 2.24) is 0 Å². The van der Waals surface area contributed by atoms with Crippen LogP contribution in [0, 0.1) is 0 Å². The van der Waals surface area contributed by atoms with Gasteiger partial charge in [0.2, 0.25) is 0 Å². The molecule has 0 spiro atoms. The summed E-state index contributed by atoms with van der Waals surface area (Å²) in [5.41, 5.74) is 0. The zero-order valence-corrected chi connectivity index (χ0v) is 5.69. The van der Waals surface area contributed by atoms with Gasteiger partial charge in [0.1, 0.15) is 0 Å². The van der Waals surface area contributed by atoms with E-state index < -0.39 is 0 Å². The second-order valence-electron chi connectivity index (χ2n) is 0.447. The molecule has 0 unspecified atom stereocenters. The van der Waals surface area contributed by atoms with Gasteiger partial charge in [-0.2, -0.15) is 0 Å². The minimum absolute atomic E-state index is 0. The summed E-state index contributed by atoms with van der Waals surface area (Å²) in [4.78, 5) is 0. The first-order valence-corrected chi connectivity index (χ1v) is 2.54. The van der Waals surface area contributed by atoms with Gasteiger partial charge in [0.25, 0.3) is 0 Å². The van der Waals surface area contributed by atoms with E-state index in [0.717, 1.165) is 0 Å². The third-order valence-electron chi connectivity index (χ3n) is 0.1000. The van der Waals surface area contributed by atoms with Crippen LogP contribution in [0.15, 0.2) is 0 Å². The Kier molecular flexibility index (Phi) is 141. The molecule has 0 heterocycles. The van der Waals surface area contributed by atoms with Crippen molar-refractivity contribution in [3.05, 3.63) is 0 Å². The summed E-state index contributed by atoms with van der Waals surface area (Å²) in [5.74, 6) is 0. The van der Waals surface area contributed by atoms with E-state index >= 15 is 0 Å². The van der Waals surface area contributed by atoms with E-state index in [1.54, 1.807) is 0 Å². The number of hydrogen-bond acceptors (Lipinski definition) is 2. The van der Waals surface area contributed by atoms with E-state index in [1.807, 2.05) is 0 Å². The van der Waals surface area contributed by atoms with Gasteiger partial charge < -0.3 is 21.2 Å². The van der Waals surface area contributed by atoms with Gasteiger partial charge in [-0.3, -0.25) is 0 Å². The van der Waals surface area contributed by atoms with E-state index in [4.69, 9.17) is 10.2 Å². The minimum atomic E-state index is -0.125. The second-order valence-corrected chi connectivity index (χ2v) is 0.447. The molecule has 6 N–H and O–H groups in total. The first-order valence-electron chi connectivity index (χ1n) is 1.25. The molecule has 0 aliphatic heterocycles. The topological polar surface area (TPSA) is 103 Å². The van der Waals surface area contributed by atoms with Gasteiger partial charge in [0.15, 0.2) is 0 Å². The van der Waals surface area contributed by atoms with Crippen LogP contribution in [0.3, 0.4) is 0 Å². The van der Waals surface area contributed by atoms with Gasteiger partial charge >= 0.3 is 25.2 Å². The fourth-order valence-corrected chi connectivity index (χ4v) is 0. The molecule has 0 saturated carbocycles. The molecule has 4 nitrogen and oxygen atoms in total. The van der Waals surface area contributed by atoms with Gasteiger partial charge in [-0.1, -0.05) is 0 Å². The molecule has 0 radical (unpaired) electrons. The Morgan fingerprint density at radius 2 is 1.12 bits per heavy atom. The Morgan fingerprint density at radius 1 is 1.00 bits per heavy atom. The molecular formula is C2H10ClCuO4. The molecule has 0 aromatic rings. The Hall–Kier alpha value is 0.649. The monoisotopic (exact) mass is 196 g/mol. The molecular weight excluding hydrogens is 187 g/mol. The third kappa shape index (κ3) is 78.0. The van der Waals surface area contributed by atoms with E-state index in [2.05, 4.69) is 25.2 Å². The van der Waals surface area contributed by atoms with Crippen LogP contribution in [-0.4, -0.2) is 34.4 Å². The Balaban J connectivity index is -0.0000000183. The van der Waals surface area contributed by atoms with Crippen LogP contribution in [0.5, 0.6) is 0 Å². The average molecular weight is 197 g/mol. The van der Waals surface area contributed by atoms with Crippen LogP contribution < -0.4 is 0 Å². The number of halogens is 1. The van der Waals surface area contributed by atoms with E-state index in [1.165, 1.54) is 0 Å². The van der Waals surface area contributed by atoms with Crippen molar-refractivity contribution in [1.29, 1.82) is 0 Å². The molecule has 0 aromatic heterocycles. The zero-order valence-electron chi connectivity index (χ0n) is 3.99. The standard InChI is InChI=1S/C2H6O2.ClH.Cu.2H2O/c3-1-2-4;;;;/h3-4H,1-2H2;1H;;2*1H2/q;;+1;;/p-1. The van der Waals surface area contributed by atoms with E-state index in [9.17, 15) is 0 Å². The molecule has 6 heteroatoms. The van der Waals surface area contributed by atoms with Crippen LogP contribution in [0.25, 0.3) is 0 Å². The molecule has 0 aliphatic carbocycles. The Bertz CT molecular complexity index is 16.0. The van der Waals surface area contributed by atoms with Gasteiger partial charge in [-0.05, 0) is 0 Å². The van der Waals surface area contributed by atoms with Crippen molar-refractivity contribution in [2.45, 2.75) is 0 Å². The molecule has 0 bridgehead atoms. The predicted octanol–water partition coefficient (Wildman–Crippen LogP) is -1.99. The summed E-state index contributed by atoms with van der Waals surface area (Å²) in [7, 11) is 4.20. The molecule has 0 rings (SSSR count). The first-order chi connectivity index (χ1) is 2.91. The molecule has 0 saturated heterocycles. The number of rotatable bonds is 1. The zero-order chi connectivity index (χ0) is 5.41. The van der Waals surface area contributed by atoms with Crippen LogP contribution in [0.2, 0.25) is 0 Å². The third-order valence-corrected chi connectivity index (χ3v) is 0.1000. The van der Waals surface area contributed by atoms with Crippen molar-refractivity contribution in [2.75, 3.05) is 13.2 Å². The summed E-state index contributed by atoms with van der Waals surface area (Å²) < 4.78 is 0. The van der Waals surface area contributed by atoms with Crippen LogP contribution >= 0.6 is 10.1 Å². The van der Waals surface area contributed by atoms with E-state index in [-0.39, 0.29) is 24.2 Å². The number of aliphatic hydroxyl groups excluding tert-OH is 2. The van der Waals surface area contributed by atoms with Crippen LogP contribution in [0.4, 0.5) is 0 Å². The van der Waals surface area contributed by atoms with Crippen LogP contribution in [-0.2, 0) is 15.1 Å². The molecule has 0 fully saturated rings. The molecule has 8 heavy (non-hydrogen) atoms. The van der Waals surface area contributed by atoms with Gasteiger partial charge in [-0.25, -0.2) is 0 Å². The summed E-state index contributed by atoms with van der Waals surface area (Å²) >= 11 is 3.66. The SMILES string of the molecule is O.O.OCCO.[Cl][Cu]. The number of hydrogen-bond donors (Lipinski definition) is 2. The summed E-state index contributed by atoms with van der Waals surface area (Å²) in [6, 6.07) is 0. The van der Waals surface area contributed by atoms with Crippen molar-refractivity contribution < 1.29 is 36.3 Å². The molecule has 0 aromatic carbocycles. The fourth-order valence-electron chi connectivity index (χ4n) is 0. The molecule has 0 atom stereocenters. The van der Waals surface area contributed by atoms with Crippen LogP contribution in [0.1, 0.15) is 0 Å².